The van der Waals surface area contributed by atoms with Crippen molar-refractivity contribution in [3.05, 3.63) is 0 Å². The first-order valence-corrected chi connectivity index (χ1v) is 6.44. The van der Waals surface area contributed by atoms with E-state index >= 15 is 0 Å². The monoisotopic (exact) mass is 240 g/mol. The van der Waals surface area contributed by atoms with E-state index in [2.05, 4.69) is 11.2 Å². The maximum atomic E-state index is 11.6. The standard InChI is InChI=1S/C11H16N2O2S/c1-3-6-16-7-5-13-9(4-2)11(15)12-8-10(13)14/h1,9H,4-8H2,2H3,(H,12,15). The van der Waals surface area contributed by atoms with Gasteiger partial charge in [-0.15, -0.1) is 18.2 Å². The van der Waals surface area contributed by atoms with E-state index in [9.17, 15) is 9.59 Å². The van der Waals surface area contributed by atoms with Crippen molar-refractivity contribution in [1.29, 1.82) is 0 Å². The van der Waals surface area contributed by atoms with Crippen molar-refractivity contribution in [2.24, 2.45) is 0 Å². The highest BCUT2D eigenvalue weighted by Crippen LogP contribution is 2.11. The summed E-state index contributed by atoms with van der Waals surface area (Å²) in [4.78, 5) is 24.8. The summed E-state index contributed by atoms with van der Waals surface area (Å²) < 4.78 is 0. The molecule has 1 atom stereocenters. The number of hydrogen-bond donors (Lipinski definition) is 1. The Morgan fingerprint density at radius 3 is 3.00 bits per heavy atom. The molecular weight excluding hydrogens is 224 g/mol. The Morgan fingerprint density at radius 2 is 2.38 bits per heavy atom. The van der Waals surface area contributed by atoms with E-state index in [1.165, 1.54) is 0 Å². The number of piperazine rings is 1. The fourth-order valence-corrected chi connectivity index (χ4v) is 2.27. The number of amides is 2. The van der Waals surface area contributed by atoms with Crippen molar-refractivity contribution in [1.82, 2.24) is 10.2 Å². The Labute approximate surface area is 100 Å². The lowest BCUT2D eigenvalue weighted by Gasteiger charge is -2.34. The van der Waals surface area contributed by atoms with Crippen LogP contribution in [0.3, 0.4) is 0 Å². The number of rotatable bonds is 5. The highest BCUT2D eigenvalue weighted by atomic mass is 32.2. The molecule has 0 aliphatic carbocycles. The molecule has 4 nitrogen and oxygen atoms in total. The lowest BCUT2D eigenvalue weighted by atomic mass is 10.1. The lowest BCUT2D eigenvalue weighted by molar-refractivity contribution is -0.145. The Bertz CT molecular complexity index is 312. The molecule has 1 saturated heterocycles. The van der Waals surface area contributed by atoms with E-state index in [4.69, 9.17) is 6.42 Å². The van der Waals surface area contributed by atoms with Gasteiger partial charge in [0.15, 0.2) is 0 Å². The highest BCUT2D eigenvalue weighted by molar-refractivity contribution is 7.99. The molecule has 1 fully saturated rings. The van der Waals surface area contributed by atoms with Crippen LogP contribution in [0.2, 0.25) is 0 Å². The first kappa shape index (κ1) is 12.9. The number of nitrogens with zero attached hydrogens (tertiary/aromatic N) is 1. The number of thioether (sulfide) groups is 1. The minimum absolute atomic E-state index is 0.00671. The van der Waals surface area contributed by atoms with Gasteiger partial charge in [-0.25, -0.2) is 0 Å². The van der Waals surface area contributed by atoms with Gasteiger partial charge in [0, 0.05) is 12.3 Å². The van der Waals surface area contributed by atoms with E-state index in [0.29, 0.717) is 18.7 Å². The molecule has 0 aromatic carbocycles. The van der Waals surface area contributed by atoms with Gasteiger partial charge in [-0.3, -0.25) is 9.59 Å². The Hall–Kier alpha value is -1.15. The fraction of sp³-hybridized carbons (Fsp3) is 0.636. The fourth-order valence-electron chi connectivity index (χ4n) is 1.68. The molecule has 0 radical (unpaired) electrons. The predicted molar refractivity (Wildman–Crippen MR) is 65.0 cm³/mol. The zero-order valence-electron chi connectivity index (χ0n) is 9.36. The number of terminal acetylenes is 1. The second-order valence-corrected chi connectivity index (χ2v) is 4.59. The van der Waals surface area contributed by atoms with Gasteiger partial charge in [-0.2, -0.15) is 0 Å². The third-order valence-corrected chi connectivity index (χ3v) is 3.30. The molecular formula is C11H16N2O2S. The topological polar surface area (TPSA) is 49.4 Å². The van der Waals surface area contributed by atoms with E-state index in [1.54, 1.807) is 16.7 Å². The zero-order chi connectivity index (χ0) is 12.0. The van der Waals surface area contributed by atoms with E-state index < -0.39 is 0 Å². The SMILES string of the molecule is C#CCSCCN1C(=O)CNC(=O)C1CC. The van der Waals surface area contributed by atoms with Gasteiger partial charge >= 0.3 is 0 Å². The van der Waals surface area contributed by atoms with Crippen LogP contribution in [0.25, 0.3) is 0 Å². The summed E-state index contributed by atoms with van der Waals surface area (Å²) in [6, 6.07) is -0.312. The summed E-state index contributed by atoms with van der Waals surface area (Å²) in [5.74, 6) is 3.89. The van der Waals surface area contributed by atoms with Crippen molar-refractivity contribution in [2.45, 2.75) is 19.4 Å². The number of carbonyl (C=O) groups excluding carboxylic acids is 2. The number of hydrogen-bond acceptors (Lipinski definition) is 3. The van der Waals surface area contributed by atoms with Gasteiger partial charge in [0.05, 0.1) is 12.3 Å². The third kappa shape index (κ3) is 3.17. The first-order valence-electron chi connectivity index (χ1n) is 5.29. The average Bonchev–Trinajstić information content (AvgIpc) is 2.29. The van der Waals surface area contributed by atoms with Gasteiger partial charge in [-0.1, -0.05) is 12.8 Å². The highest BCUT2D eigenvalue weighted by Gasteiger charge is 2.32. The Kier molecular flexibility index (Phi) is 5.20. The zero-order valence-corrected chi connectivity index (χ0v) is 10.2. The molecule has 1 heterocycles. The van der Waals surface area contributed by atoms with Crippen LogP contribution in [0, 0.1) is 12.3 Å². The van der Waals surface area contributed by atoms with Crippen LogP contribution >= 0.6 is 11.8 Å². The maximum Gasteiger partial charge on any atom is 0.243 e. The summed E-state index contributed by atoms with van der Waals surface area (Å²) in [7, 11) is 0. The van der Waals surface area contributed by atoms with Crippen LogP contribution in [0.15, 0.2) is 0 Å². The molecule has 0 saturated carbocycles. The molecule has 16 heavy (non-hydrogen) atoms. The van der Waals surface area contributed by atoms with Gasteiger partial charge in [0.1, 0.15) is 6.04 Å². The summed E-state index contributed by atoms with van der Waals surface area (Å²) in [6.07, 6.45) is 5.79. The molecule has 0 aromatic heterocycles. The quantitative estimate of drug-likeness (QED) is 0.547. The van der Waals surface area contributed by atoms with Crippen LogP contribution in [0.4, 0.5) is 0 Å². The molecule has 88 valence electrons. The minimum atomic E-state index is -0.312. The maximum absolute atomic E-state index is 11.6. The lowest BCUT2D eigenvalue weighted by Crippen LogP contribution is -2.58. The molecule has 0 bridgehead atoms. The minimum Gasteiger partial charge on any atom is -0.345 e. The van der Waals surface area contributed by atoms with Crippen molar-refractivity contribution < 1.29 is 9.59 Å². The van der Waals surface area contributed by atoms with Crippen LogP contribution in [0.5, 0.6) is 0 Å². The van der Waals surface area contributed by atoms with Gasteiger partial charge in [0.25, 0.3) is 0 Å². The molecule has 1 unspecified atom stereocenters. The van der Waals surface area contributed by atoms with Crippen molar-refractivity contribution in [3.8, 4) is 12.3 Å². The normalized spacial score (nSPS) is 20.5. The number of carbonyl (C=O) groups is 2. The molecule has 2 amide bonds. The predicted octanol–water partition coefficient (Wildman–Crippen LogP) is 0.0898. The summed E-state index contributed by atoms with van der Waals surface area (Å²) in [5, 5.41) is 2.60. The largest absolute Gasteiger partial charge is 0.345 e. The Morgan fingerprint density at radius 1 is 1.62 bits per heavy atom. The summed E-state index contributed by atoms with van der Waals surface area (Å²) in [6.45, 7) is 2.62. The molecule has 1 rings (SSSR count). The van der Waals surface area contributed by atoms with Gasteiger partial charge < -0.3 is 10.2 Å². The van der Waals surface area contributed by atoms with E-state index in [0.717, 1.165) is 5.75 Å². The third-order valence-electron chi connectivity index (χ3n) is 2.46. The first-order chi connectivity index (χ1) is 7.70. The Balaban J connectivity index is 2.49. The van der Waals surface area contributed by atoms with Crippen LogP contribution in [0.1, 0.15) is 13.3 Å². The molecule has 0 spiro atoms. The van der Waals surface area contributed by atoms with Crippen LogP contribution in [-0.2, 0) is 9.59 Å². The van der Waals surface area contributed by atoms with Crippen molar-refractivity contribution >= 4 is 23.6 Å². The molecule has 5 heteroatoms. The van der Waals surface area contributed by atoms with E-state index in [-0.39, 0.29) is 24.4 Å². The average molecular weight is 240 g/mol. The summed E-state index contributed by atoms with van der Waals surface area (Å²) in [5.41, 5.74) is 0. The van der Waals surface area contributed by atoms with E-state index in [1.807, 2.05) is 6.92 Å². The smallest absolute Gasteiger partial charge is 0.243 e. The summed E-state index contributed by atoms with van der Waals surface area (Å²) >= 11 is 1.60. The van der Waals surface area contributed by atoms with Gasteiger partial charge in [0.2, 0.25) is 11.8 Å². The number of nitrogens with one attached hydrogen (secondary N) is 1. The van der Waals surface area contributed by atoms with Crippen LogP contribution in [-0.4, -0.2) is 47.4 Å². The van der Waals surface area contributed by atoms with Crippen LogP contribution < -0.4 is 5.32 Å². The van der Waals surface area contributed by atoms with Crippen molar-refractivity contribution in [2.75, 3.05) is 24.6 Å². The van der Waals surface area contributed by atoms with Gasteiger partial charge in [-0.05, 0) is 6.42 Å². The second-order valence-electron chi connectivity index (χ2n) is 3.49. The molecule has 0 aromatic rings. The van der Waals surface area contributed by atoms with Crippen molar-refractivity contribution in [3.63, 3.8) is 0 Å². The molecule has 1 aliphatic heterocycles. The second kappa shape index (κ2) is 6.44. The molecule has 1 N–H and O–H groups in total. The molecule has 1 aliphatic rings.